The highest BCUT2D eigenvalue weighted by Gasteiger charge is 2.33. The van der Waals surface area contributed by atoms with Gasteiger partial charge >= 0.3 is 6.09 Å². The van der Waals surface area contributed by atoms with E-state index in [1.807, 2.05) is 50.1 Å². The number of anilines is 1. The van der Waals surface area contributed by atoms with Crippen LogP contribution in [-0.4, -0.2) is 28.8 Å². The number of nitrogens with zero attached hydrogens (tertiary/aromatic N) is 2. The second-order valence-electron chi connectivity index (χ2n) is 8.23. The van der Waals surface area contributed by atoms with Crippen molar-refractivity contribution in [2.45, 2.75) is 64.1 Å². The molecule has 1 aliphatic rings. The highest BCUT2D eigenvalue weighted by molar-refractivity contribution is 6.05. The largest absolute Gasteiger partial charge is 0.443 e. The topological polar surface area (TPSA) is 68.5 Å². The first kappa shape index (κ1) is 19.4. The van der Waals surface area contributed by atoms with Crippen LogP contribution in [0.25, 0.3) is 16.8 Å². The molecule has 1 aromatic heterocycles. The van der Waals surface area contributed by atoms with E-state index in [2.05, 4.69) is 11.6 Å². The van der Waals surface area contributed by atoms with Gasteiger partial charge in [0.2, 0.25) is 0 Å². The van der Waals surface area contributed by atoms with E-state index in [1.54, 1.807) is 12.3 Å². The summed E-state index contributed by atoms with van der Waals surface area (Å²) in [6.45, 7) is 9.59. The summed E-state index contributed by atoms with van der Waals surface area (Å²) in [5.41, 5.74) is 7.29. The molecular weight excluding hydrogens is 338 g/mol. The molecule has 0 radical (unpaired) electrons. The van der Waals surface area contributed by atoms with Crippen LogP contribution in [0, 0.1) is 0 Å². The molecule has 3 rings (SSSR count). The third kappa shape index (κ3) is 4.30. The third-order valence-electron chi connectivity index (χ3n) is 4.97. The van der Waals surface area contributed by atoms with E-state index in [-0.39, 0.29) is 18.2 Å². The van der Waals surface area contributed by atoms with Crippen molar-refractivity contribution in [3.05, 3.63) is 42.7 Å². The molecule has 5 nitrogen and oxygen atoms in total. The molecule has 0 bridgehead atoms. The summed E-state index contributed by atoms with van der Waals surface area (Å²) in [5, 5.41) is 1.95. The van der Waals surface area contributed by atoms with Crippen molar-refractivity contribution in [2.24, 2.45) is 5.73 Å². The summed E-state index contributed by atoms with van der Waals surface area (Å²) in [6, 6.07) is 6.22. The molecule has 1 heterocycles. The van der Waals surface area contributed by atoms with E-state index in [1.165, 1.54) is 0 Å². The number of hydrogen-bond donors (Lipinski definition) is 1. The molecule has 27 heavy (non-hydrogen) atoms. The Balaban J connectivity index is 2.11. The molecule has 0 unspecified atom stereocenters. The Morgan fingerprint density at radius 3 is 2.59 bits per heavy atom. The second-order valence-corrected chi connectivity index (χ2v) is 8.23. The van der Waals surface area contributed by atoms with Crippen molar-refractivity contribution in [1.29, 1.82) is 0 Å². The quantitative estimate of drug-likeness (QED) is 0.839. The van der Waals surface area contributed by atoms with Crippen molar-refractivity contribution < 1.29 is 9.53 Å². The molecule has 2 aromatic rings. The van der Waals surface area contributed by atoms with Crippen LogP contribution in [0.4, 0.5) is 10.5 Å². The van der Waals surface area contributed by atoms with Crippen molar-refractivity contribution >= 4 is 28.6 Å². The summed E-state index contributed by atoms with van der Waals surface area (Å²) in [6.07, 6.45) is 8.61. The zero-order valence-corrected chi connectivity index (χ0v) is 16.4. The van der Waals surface area contributed by atoms with Gasteiger partial charge in [0.1, 0.15) is 5.60 Å². The Morgan fingerprint density at radius 2 is 1.96 bits per heavy atom. The van der Waals surface area contributed by atoms with Crippen molar-refractivity contribution in [2.75, 3.05) is 4.90 Å². The molecular formula is C22H29N3O2. The molecule has 1 amide bonds. The molecule has 0 saturated heterocycles. The lowest BCUT2D eigenvalue weighted by molar-refractivity contribution is 0.0557. The number of rotatable bonds is 3. The van der Waals surface area contributed by atoms with Crippen LogP contribution in [0.3, 0.4) is 0 Å². The number of carbonyl (C=O) groups is 1. The van der Waals surface area contributed by atoms with Gasteiger partial charge in [-0.3, -0.25) is 9.88 Å². The summed E-state index contributed by atoms with van der Waals surface area (Å²) < 4.78 is 5.77. The zero-order valence-electron chi connectivity index (χ0n) is 16.4. The molecule has 0 aliphatic heterocycles. The lowest BCUT2D eigenvalue weighted by atomic mass is 9.90. The smallest absolute Gasteiger partial charge is 0.415 e. The minimum atomic E-state index is -0.562. The lowest BCUT2D eigenvalue weighted by Crippen LogP contribution is -2.46. The number of pyridine rings is 1. The Morgan fingerprint density at radius 1 is 1.26 bits per heavy atom. The molecule has 1 aliphatic carbocycles. The average molecular weight is 367 g/mol. The fraction of sp³-hybridized carbons (Fsp3) is 0.455. The van der Waals surface area contributed by atoms with Crippen LogP contribution in [0.15, 0.2) is 37.2 Å². The van der Waals surface area contributed by atoms with Crippen LogP contribution in [0.5, 0.6) is 0 Å². The van der Waals surface area contributed by atoms with Gasteiger partial charge in [-0.05, 0) is 52.5 Å². The van der Waals surface area contributed by atoms with Crippen LogP contribution in [0.1, 0.15) is 52.0 Å². The Hall–Kier alpha value is -2.40. The van der Waals surface area contributed by atoms with E-state index in [0.29, 0.717) is 0 Å². The number of benzene rings is 1. The first-order valence-electron chi connectivity index (χ1n) is 9.57. The Bertz CT molecular complexity index is 828. The van der Waals surface area contributed by atoms with Gasteiger partial charge in [-0.1, -0.05) is 24.8 Å². The number of amides is 1. The van der Waals surface area contributed by atoms with Gasteiger partial charge in [-0.25, -0.2) is 4.79 Å². The predicted octanol–water partition coefficient (Wildman–Crippen LogP) is 4.89. The van der Waals surface area contributed by atoms with Crippen LogP contribution in [0.2, 0.25) is 0 Å². The van der Waals surface area contributed by atoms with Gasteiger partial charge in [0.15, 0.2) is 0 Å². The molecule has 1 saturated carbocycles. The van der Waals surface area contributed by atoms with Crippen molar-refractivity contribution in [3.63, 3.8) is 0 Å². The molecule has 1 aromatic carbocycles. The summed E-state index contributed by atoms with van der Waals surface area (Å²) in [7, 11) is 0. The molecule has 2 N–H and O–H groups in total. The minimum Gasteiger partial charge on any atom is -0.443 e. The summed E-state index contributed by atoms with van der Waals surface area (Å²) in [4.78, 5) is 19.3. The number of hydrogen-bond acceptors (Lipinski definition) is 4. The second kappa shape index (κ2) is 7.69. The van der Waals surface area contributed by atoms with Gasteiger partial charge in [-0.15, -0.1) is 0 Å². The summed E-state index contributed by atoms with van der Waals surface area (Å²) >= 11 is 0. The van der Waals surface area contributed by atoms with Crippen LogP contribution >= 0.6 is 0 Å². The monoisotopic (exact) mass is 367 g/mol. The lowest BCUT2D eigenvalue weighted by Gasteiger charge is -2.37. The number of ether oxygens (including phenoxy) is 1. The average Bonchev–Trinajstić information content (AvgIpc) is 2.61. The first-order chi connectivity index (χ1) is 12.8. The van der Waals surface area contributed by atoms with E-state index < -0.39 is 5.60 Å². The fourth-order valence-electron chi connectivity index (χ4n) is 3.71. The molecule has 144 valence electrons. The van der Waals surface area contributed by atoms with Crippen LogP contribution in [-0.2, 0) is 4.74 Å². The highest BCUT2D eigenvalue weighted by Crippen LogP contribution is 2.35. The maximum atomic E-state index is 13.2. The number of aromatic nitrogens is 1. The van der Waals surface area contributed by atoms with E-state index in [0.717, 1.165) is 47.7 Å². The number of nitrogens with two attached hydrogens (primary N) is 1. The van der Waals surface area contributed by atoms with Gasteiger partial charge in [-0.2, -0.15) is 0 Å². The van der Waals surface area contributed by atoms with Gasteiger partial charge in [0.25, 0.3) is 0 Å². The van der Waals surface area contributed by atoms with Crippen LogP contribution < -0.4 is 10.6 Å². The zero-order chi connectivity index (χ0) is 19.6. The van der Waals surface area contributed by atoms with E-state index >= 15 is 0 Å². The third-order valence-corrected chi connectivity index (χ3v) is 4.97. The Kier molecular flexibility index (Phi) is 5.51. The number of fused-ring (bicyclic) bond motifs is 1. The van der Waals surface area contributed by atoms with Crippen molar-refractivity contribution in [3.8, 4) is 0 Å². The predicted molar refractivity (Wildman–Crippen MR) is 111 cm³/mol. The molecule has 0 atom stereocenters. The minimum absolute atomic E-state index is 0.0658. The number of carbonyl (C=O) groups excluding carboxylic acids is 1. The molecule has 0 spiro atoms. The van der Waals surface area contributed by atoms with Gasteiger partial charge < -0.3 is 10.5 Å². The summed E-state index contributed by atoms with van der Waals surface area (Å²) in [5.74, 6) is 0. The SMILES string of the molecule is C=Cc1cncc2cccc(N(C(=O)OC(C)(C)C)C3CCC(N)CC3)c12. The van der Waals surface area contributed by atoms with Gasteiger partial charge in [0.05, 0.1) is 5.69 Å². The first-order valence-corrected chi connectivity index (χ1v) is 9.57. The standard InChI is InChI=1S/C22H29N3O2/c1-5-15-13-24-14-16-7-6-8-19(20(15)16)25(21(26)27-22(2,3)4)18-11-9-17(23)10-12-18/h5-8,13-14,17-18H,1,9-12,23H2,2-4H3. The van der Waals surface area contributed by atoms with E-state index in [4.69, 9.17) is 10.5 Å². The highest BCUT2D eigenvalue weighted by atomic mass is 16.6. The van der Waals surface area contributed by atoms with Crippen molar-refractivity contribution in [1.82, 2.24) is 4.98 Å². The Labute approximate surface area is 161 Å². The maximum absolute atomic E-state index is 13.2. The molecule has 1 fully saturated rings. The maximum Gasteiger partial charge on any atom is 0.415 e. The van der Waals surface area contributed by atoms with E-state index in [9.17, 15) is 4.79 Å². The molecule has 5 heteroatoms. The van der Waals surface area contributed by atoms with Gasteiger partial charge in [0, 0.05) is 40.8 Å². The fourth-order valence-corrected chi connectivity index (χ4v) is 3.71. The normalized spacial score (nSPS) is 20.3.